The predicted molar refractivity (Wildman–Crippen MR) is 91.2 cm³/mol. The van der Waals surface area contributed by atoms with Gasteiger partial charge in [-0.05, 0) is 17.5 Å². The number of aliphatic hydroxyl groups excluding tert-OH is 1. The molecule has 0 bridgehead atoms. The molecule has 0 radical (unpaired) electrons. The molecule has 4 nitrogen and oxygen atoms in total. The summed E-state index contributed by atoms with van der Waals surface area (Å²) in [5, 5.41) is 9.77. The molecule has 1 N–H and O–H groups in total. The molecule has 1 saturated heterocycles. The van der Waals surface area contributed by atoms with Gasteiger partial charge in [-0.15, -0.1) is 0 Å². The van der Waals surface area contributed by atoms with Crippen molar-refractivity contribution in [3.05, 3.63) is 71.8 Å². The van der Waals surface area contributed by atoms with E-state index in [9.17, 15) is 5.11 Å². The summed E-state index contributed by atoms with van der Waals surface area (Å²) < 4.78 is 17.4. The first-order valence-electron chi connectivity index (χ1n) is 8.42. The molecule has 2 aromatic rings. The van der Waals surface area contributed by atoms with E-state index in [1.54, 1.807) is 0 Å². The average molecular weight is 328 g/mol. The third-order valence-corrected chi connectivity index (χ3v) is 4.15. The van der Waals surface area contributed by atoms with E-state index in [1.807, 2.05) is 60.7 Å². The number of hydrogen-bond acceptors (Lipinski definition) is 4. The van der Waals surface area contributed by atoms with Gasteiger partial charge in [0.15, 0.2) is 6.29 Å². The molecule has 0 aromatic heterocycles. The lowest BCUT2D eigenvalue weighted by molar-refractivity contribution is -0.224. The van der Waals surface area contributed by atoms with E-state index in [0.717, 1.165) is 17.5 Å². The van der Waals surface area contributed by atoms with Gasteiger partial charge in [0, 0.05) is 6.42 Å². The monoisotopic (exact) mass is 328 g/mol. The van der Waals surface area contributed by atoms with Crippen molar-refractivity contribution in [2.75, 3.05) is 6.61 Å². The molecule has 1 aliphatic rings. The van der Waals surface area contributed by atoms with Crippen LogP contribution in [0, 0.1) is 0 Å². The van der Waals surface area contributed by atoms with Crippen LogP contribution in [0.3, 0.4) is 0 Å². The number of aliphatic hydroxyl groups is 1. The van der Waals surface area contributed by atoms with Crippen LogP contribution in [-0.2, 0) is 27.4 Å². The van der Waals surface area contributed by atoms with Crippen molar-refractivity contribution in [2.45, 2.75) is 44.6 Å². The Hall–Kier alpha value is -1.72. The van der Waals surface area contributed by atoms with Crippen molar-refractivity contribution in [2.24, 2.45) is 0 Å². The fraction of sp³-hybridized carbons (Fsp3) is 0.400. The Kier molecular flexibility index (Phi) is 6.38. The Balaban J connectivity index is 1.50. The van der Waals surface area contributed by atoms with Gasteiger partial charge in [-0.2, -0.15) is 0 Å². The smallest absolute Gasteiger partial charge is 0.155 e. The minimum atomic E-state index is -0.730. The molecular formula is C20H24O4. The highest BCUT2D eigenvalue weighted by Gasteiger charge is 2.31. The van der Waals surface area contributed by atoms with Crippen LogP contribution in [0.5, 0.6) is 0 Å². The largest absolute Gasteiger partial charge is 0.374 e. The number of hydrogen-bond donors (Lipinski definition) is 1. The zero-order valence-corrected chi connectivity index (χ0v) is 13.7. The summed E-state index contributed by atoms with van der Waals surface area (Å²) in [6.07, 6.45) is 0.319. The minimum Gasteiger partial charge on any atom is -0.374 e. The summed E-state index contributed by atoms with van der Waals surface area (Å²) in [5.41, 5.74) is 2.25. The summed E-state index contributed by atoms with van der Waals surface area (Å²) >= 11 is 0. The quantitative estimate of drug-likeness (QED) is 0.847. The van der Waals surface area contributed by atoms with Gasteiger partial charge in [0.05, 0.1) is 25.9 Å². The van der Waals surface area contributed by atoms with Crippen LogP contribution < -0.4 is 0 Å². The molecule has 0 amide bonds. The maximum Gasteiger partial charge on any atom is 0.155 e. The second-order valence-electron chi connectivity index (χ2n) is 6.04. The van der Waals surface area contributed by atoms with E-state index in [0.29, 0.717) is 26.2 Å². The first-order chi connectivity index (χ1) is 11.8. The maximum atomic E-state index is 9.77. The van der Waals surface area contributed by atoms with Crippen molar-refractivity contribution in [3.63, 3.8) is 0 Å². The van der Waals surface area contributed by atoms with Crippen LogP contribution in [-0.4, -0.2) is 30.2 Å². The SMILES string of the molecule is O[C@H]1CC[C@H](OCc2ccccc2)[C@@H](COCc2ccccc2)O1. The highest BCUT2D eigenvalue weighted by atomic mass is 16.6. The third kappa shape index (κ3) is 5.14. The summed E-state index contributed by atoms with van der Waals surface area (Å²) in [5.74, 6) is 0. The lowest BCUT2D eigenvalue weighted by Gasteiger charge is -2.34. The van der Waals surface area contributed by atoms with Crippen LogP contribution in [0.2, 0.25) is 0 Å². The Morgan fingerprint density at radius 3 is 2.17 bits per heavy atom. The number of ether oxygens (including phenoxy) is 3. The molecule has 0 spiro atoms. The van der Waals surface area contributed by atoms with Gasteiger partial charge >= 0.3 is 0 Å². The minimum absolute atomic E-state index is 0.0654. The topological polar surface area (TPSA) is 47.9 Å². The van der Waals surface area contributed by atoms with E-state index in [1.165, 1.54) is 0 Å². The normalized spacial score (nSPS) is 24.0. The predicted octanol–water partition coefficient (Wildman–Crippen LogP) is 3.29. The van der Waals surface area contributed by atoms with Gasteiger partial charge in [0.2, 0.25) is 0 Å². The van der Waals surface area contributed by atoms with Crippen LogP contribution in [0.4, 0.5) is 0 Å². The fourth-order valence-corrected chi connectivity index (χ4v) is 2.83. The Labute approximate surface area is 143 Å². The molecule has 0 saturated carbocycles. The molecule has 4 heteroatoms. The van der Waals surface area contributed by atoms with E-state index in [-0.39, 0.29) is 12.2 Å². The van der Waals surface area contributed by atoms with Gasteiger partial charge in [0.1, 0.15) is 6.10 Å². The van der Waals surface area contributed by atoms with Crippen molar-refractivity contribution in [1.82, 2.24) is 0 Å². The van der Waals surface area contributed by atoms with E-state index < -0.39 is 6.29 Å². The van der Waals surface area contributed by atoms with E-state index in [2.05, 4.69) is 0 Å². The average Bonchev–Trinajstić information content (AvgIpc) is 2.63. The van der Waals surface area contributed by atoms with Gasteiger partial charge < -0.3 is 19.3 Å². The van der Waals surface area contributed by atoms with Crippen LogP contribution >= 0.6 is 0 Å². The maximum absolute atomic E-state index is 9.77. The second-order valence-corrected chi connectivity index (χ2v) is 6.04. The first kappa shape index (κ1) is 17.1. The zero-order chi connectivity index (χ0) is 16.6. The highest BCUT2D eigenvalue weighted by Crippen LogP contribution is 2.23. The second kappa shape index (κ2) is 8.94. The molecule has 3 rings (SSSR count). The van der Waals surface area contributed by atoms with Gasteiger partial charge in [-0.25, -0.2) is 0 Å². The Bertz CT molecular complexity index is 587. The summed E-state index contributed by atoms with van der Waals surface area (Å²) in [7, 11) is 0. The van der Waals surface area contributed by atoms with E-state index >= 15 is 0 Å². The van der Waals surface area contributed by atoms with Crippen LogP contribution in [0.15, 0.2) is 60.7 Å². The summed E-state index contributed by atoms with van der Waals surface area (Å²) in [4.78, 5) is 0. The standard InChI is InChI=1S/C20H24O4/c21-20-12-11-18(23-14-17-9-5-2-6-10-17)19(24-20)15-22-13-16-7-3-1-4-8-16/h1-10,18-21H,11-15H2/t18-,19+,20+/m0/s1. The van der Waals surface area contributed by atoms with Crippen molar-refractivity contribution in [1.29, 1.82) is 0 Å². The number of rotatable bonds is 7. The molecule has 0 aliphatic carbocycles. The first-order valence-corrected chi connectivity index (χ1v) is 8.42. The van der Waals surface area contributed by atoms with Gasteiger partial charge in [-0.3, -0.25) is 0 Å². The van der Waals surface area contributed by atoms with Crippen LogP contribution in [0.1, 0.15) is 24.0 Å². The molecule has 0 unspecified atom stereocenters. The zero-order valence-electron chi connectivity index (χ0n) is 13.7. The fourth-order valence-electron chi connectivity index (χ4n) is 2.83. The highest BCUT2D eigenvalue weighted by molar-refractivity contribution is 5.14. The Morgan fingerprint density at radius 2 is 1.50 bits per heavy atom. The van der Waals surface area contributed by atoms with Crippen molar-refractivity contribution >= 4 is 0 Å². The molecule has 24 heavy (non-hydrogen) atoms. The summed E-state index contributed by atoms with van der Waals surface area (Å²) in [6.45, 7) is 1.48. The Morgan fingerprint density at radius 1 is 0.875 bits per heavy atom. The molecular weight excluding hydrogens is 304 g/mol. The molecule has 1 fully saturated rings. The molecule has 1 aliphatic heterocycles. The third-order valence-electron chi connectivity index (χ3n) is 4.15. The molecule has 3 atom stereocenters. The summed E-state index contributed by atoms with van der Waals surface area (Å²) in [6, 6.07) is 20.1. The van der Waals surface area contributed by atoms with Gasteiger partial charge in [-0.1, -0.05) is 60.7 Å². The lowest BCUT2D eigenvalue weighted by Crippen LogP contribution is -2.43. The molecule has 1 heterocycles. The van der Waals surface area contributed by atoms with Crippen molar-refractivity contribution in [3.8, 4) is 0 Å². The van der Waals surface area contributed by atoms with Crippen molar-refractivity contribution < 1.29 is 19.3 Å². The van der Waals surface area contributed by atoms with Gasteiger partial charge in [0.25, 0.3) is 0 Å². The number of benzene rings is 2. The molecule has 128 valence electrons. The lowest BCUT2D eigenvalue weighted by atomic mass is 10.0. The van der Waals surface area contributed by atoms with E-state index in [4.69, 9.17) is 14.2 Å². The molecule has 2 aromatic carbocycles. The van der Waals surface area contributed by atoms with Crippen LogP contribution in [0.25, 0.3) is 0 Å².